The predicted octanol–water partition coefficient (Wildman–Crippen LogP) is 6.11. The Bertz CT molecular complexity index is 909. The van der Waals surface area contributed by atoms with E-state index in [2.05, 4.69) is 0 Å². The molecule has 3 aromatic rings. The Balaban J connectivity index is 2.06. The summed E-state index contributed by atoms with van der Waals surface area (Å²) in [5.41, 5.74) is 0.964. The number of fused-ring (bicyclic) bond motifs is 5. The van der Waals surface area contributed by atoms with Crippen molar-refractivity contribution < 1.29 is 17.6 Å². The molecule has 3 aromatic carbocycles. The summed E-state index contributed by atoms with van der Waals surface area (Å²) in [7, 11) is 0. The van der Waals surface area contributed by atoms with E-state index < -0.39 is 12.1 Å². The molecule has 0 aliphatic heterocycles. The highest BCUT2D eigenvalue weighted by atomic mass is 19.4. The summed E-state index contributed by atoms with van der Waals surface area (Å²) in [6, 6.07) is 11.8. The highest BCUT2D eigenvalue weighted by Gasteiger charge is 2.42. The number of rotatable bonds is 0. The molecule has 0 amide bonds. The number of alkyl halides is 3. The Morgan fingerprint density at radius 1 is 0.870 bits per heavy atom. The van der Waals surface area contributed by atoms with Crippen LogP contribution in [0.25, 0.3) is 21.5 Å². The van der Waals surface area contributed by atoms with Gasteiger partial charge in [0.25, 0.3) is 0 Å². The topological polar surface area (TPSA) is 0 Å². The van der Waals surface area contributed by atoms with E-state index in [1.165, 1.54) is 6.07 Å². The van der Waals surface area contributed by atoms with Crippen molar-refractivity contribution in [3.05, 3.63) is 59.4 Å². The van der Waals surface area contributed by atoms with Crippen LogP contribution in [0.2, 0.25) is 0 Å². The lowest BCUT2D eigenvalue weighted by atomic mass is 9.79. The Hall–Kier alpha value is -2.10. The lowest BCUT2D eigenvalue weighted by Gasteiger charge is -2.28. The number of benzene rings is 3. The van der Waals surface area contributed by atoms with Gasteiger partial charge in [0.05, 0.1) is 5.92 Å². The average Bonchev–Trinajstić information content (AvgIpc) is 2.53. The molecule has 1 aliphatic carbocycles. The molecule has 4 rings (SSSR count). The van der Waals surface area contributed by atoms with Crippen molar-refractivity contribution in [2.75, 3.05) is 0 Å². The zero-order chi connectivity index (χ0) is 16.2. The summed E-state index contributed by atoms with van der Waals surface area (Å²) in [4.78, 5) is 0. The average molecular weight is 318 g/mol. The molecule has 1 unspecified atom stereocenters. The standard InChI is InChI=1S/C19H14F4/c20-18-10-16-12-6-3-7-17(19(21,22)23)14(12)9-8-13(16)11-4-1-2-5-15(11)18/h1-2,4-5,8-10,17H,3,6-7H2. The van der Waals surface area contributed by atoms with Crippen LogP contribution in [0.3, 0.4) is 0 Å². The van der Waals surface area contributed by atoms with Gasteiger partial charge in [0.15, 0.2) is 0 Å². The summed E-state index contributed by atoms with van der Waals surface area (Å²) in [5, 5.41) is 2.69. The molecular formula is C19H14F4. The maximum absolute atomic E-state index is 14.4. The minimum atomic E-state index is -4.25. The van der Waals surface area contributed by atoms with Crippen molar-refractivity contribution in [3.63, 3.8) is 0 Å². The van der Waals surface area contributed by atoms with Crippen LogP contribution in [0.15, 0.2) is 42.5 Å². The first-order chi connectivity index (χ1) is 11.0. The first-order valence-electron chi connectivity index (χ1n) is 7.66. The molecule has 0 aromatic heterocycles. The Morgan fingerprint density at radius 3 is 2.30 bits per heavy atom. The van der Waals surface area contributed by atoms with Crippen molar-refractivity contribution in [3.8, 4) is 0 Å². The number of hydrogen-bond donors (Lipinski definition) is 0. The van der Waals surface area contributed by atoms with Gasteiger partial charge in [-0.25, -0.2) is 4.39 Å². The molecule has 4 heteroatoms. The van der Waals surface area contributed by atoms with Crippen molar-refractivity contribution >= 4 is 21.5 Å². The van der Waals surface area contributed by atoms with Gasteiger partial charge in [-0.05, 0) is 52.6 Å². The van der Waals surface area contributed by atoms with Crippen LogP contribution in [0.5, 0.6) is 0 Å². The fraction of sp³-hybridized carbons (Fsp3) is 0.263. The molecule has 0 radical (unpaired) electrons. The summed E-state index contributed by atoms with van der Waals surface area (Å²) >= 11 is 0. The largest absolute Gasteiger partial charge is 0.395 e. The van der Waals surface area contributed by atoms with Crippen molar-refractivity contribution in [2.45, 2.75) is 31.4 Å². The molecule has 0 nitrogen and oxygen atoms in total. The zero-order valence-electron chi connectivity index (χ0n) is 12.3. The second kappa shape index (κ2) is 4.95. The Kier molecular flexibility index (Phi) is 3.12. The van der Waals surface area contributed by atoms with E-state index >= 15 is 0 Å². The maximum atomic E-state index is 14.4. The zero-order valence-corrected chi connectivity index (χ0v) is 12.3. The normalized spacial score (nSPS) is 18.3. The molecule has 0 saturated carbocycles. The van der Waals surface area contributed by atoms with Gasteiger partial charge in [0.1, 0.15) is 5.82 Å². The second-order valence-electron chi connectivity index (χ2n) is 6.12. The van der Waals surface area contributed by atoms with Crippen molar-refractivity contribution in [1.82, 2.24) is 0 Å². The third-order valence-corrected chi connectivity index (χ3v) is 4.83. The minimum Gasteiger partial charge on any atom is -0.206 e. The molecule has 0 bridgehead atoms. The predicted molar refractivity (Wildman–Crippen MR) is 83.1 cm³/mol. The van der Waals surface area contributed by atoms with Gasteiger partial charge >= 0.3 is 6.18 Å². The van der Waals surface area contributed by atoms with E-state index in [9.17, 15) is 17.6 Å². The van der Waals surface area contributed by atoms with Gasteiger partial charge in [-0.3, -0.25) is 0 Å². The van der Waals surface area contributed by atoms with E-state index in [1.807, 2.05) is 12.1 Å². The van der Waals surface area contributed by atoms with E-state index in [4.69, 9.17) is 0 Å². The molecule has 1 atom stereocenters. The third-order valence-electron chi connectivity index (χ3n) is 4.83. The first-order valence-corrected chi connectivity index (χ1v) is 7.66. The van der Waals surface area contributed by atoms with Crippen LogP contribution in [-0.2, 0) is 6.42 Å². The highest BCUT2D eigenvalue weighted by Crippen LogP contribution is 2.45. The second-order valence-corrected chi connectivity index (χ2v) is 6.12. The molecule has 0 saturated heterocycles. The highest BCUT2D eigenvalue weighted by molar-refractivity contribution is 6.09. The van der Waals surface area contributed by atoms with Crippen molar-refractivity contribution in [1.29, 1.82) is 0 Å². The van der Waals surface area contributed by atoms with Crippen LogP contribution >= 0.6 is 0 Å². The fourth-order valence-electron chi connectivity index (χ4n) is 3.80. The third kappa shape index (κ3) is 2.19. The van der Waals surface area contributed by atoms with E-state index in [0.29, 0.717) is 34.7 Å². The SMILES string of the molecule is Fc1cc2c3c(ccc2c2ccccc12)C(C(F)(F)F)CCC3. The number of hydrogen-bond acceptors (Lipinski definition) is 0. The number of aryl methyl sites for hydroxylation is 1. The fourth-order valence-corrected chi connectivity index (χ4v) is 3.80. The Morgan fingerprint density at radius 2 is 1.57 bits per heavy atom. The summed E-state index contributed by atoms with van der Waals surface area (Å²) in [5.74, 6) is -1.82. The minimum absolute atomic E-state index is 0.109. The van der Waals surface area contributed by atoms with E-state index in [-0.39, 0.29) is 12.2 Å². The van der Waals surface area contributed by atoms with Gasteiger partial charge in [0, 0.05) is 5.39 Å². The quantitative estimate of drug-likeness (QED) is 0.346. The molecule has 0 spiro atoms. The maximum Gasteiger partial charge on any atom is 0.395 e. The van der Waals surface area contributed by atoms with E-state index in [0.717, 1.165) is 10.8 Å². The molecule has 0 N–H and O–H groups in total. The van der Waals surface area contributed by atoms with Gasteiger partial charge in [0.2, 0.25) is 0 Å². The molecule has 23 heavy (non-hydrogen) atoms. The van der Waals surface area contributed by atoms with Gasteiger partial charge < -0.3 is 0 Å². The first kappa shape index (κ1) is 14.5. The van der Waals surface area contributed by atoms with Gasteiger partial charge in [-0.1, -0.05) is 36.4 Å². The monoisotopic (exact) mass is 318 g/mol. The smallest absolute Gasteiger partial charge is 0.206 e. The number of halogens is 4. The van der Waals surface area contributed by atoms with Crippen LogP contribution in [0.4, 0.5) is 17.6 Å². The van der Waals surface area contributed by atoms with Crippen LogP contribution < -0.4 is 0 Å². The van der Waals surface area contributed by atoms with Crippen molar-refractivity contribution in [2.24, 2.45) is 0 Å². The molecule has 0 fully saturated rings. The lowest BCUT2D eigenvalue weighted by Crippen LogP contribution is -2.25. The molecule has 1 aliphatic rings. The van der Waals surface area contributed by atoms with Gasteiger partial charge in [-0.15, -0.1) is 0 Å². The van der Waals surface area contributed by atoms with Gasteiger partial charge in [-0.2, -0.15) is 13.2 Å². The van der Waals surface area contributed by atoms with Crippen LogP contribution in [0.1, 0.15) is 29.9 Å². The lowest BCUT2D eigenvalue weighted by molar-refractivity contribution is -0.153. The summed E-state index contributed by atoms with van der Waals surface area (Å²) in [6.07, 6.45) is -3.10. The summed E-state index contributed by atoms with van der Waals surface area (Å²) in [6.45, 7) is 0. The molecule has 0 heterocycles. The molecule has 118 valence electrons. The Labute approximate surface area is 130 Å². The molecular weight excluding hydrogens is 304 g/mol. The van der Waals surface area contributed by atoms with Crippen LogP contribution in [0, 0.1) is 5.82 Å². The summed E-state index contributed by atoms with van der Waals surface area (Å²) < 4.78 is 54.2. The van der Waals surface area contributed by atoms with Crippen LogP contribution in [-0.4, -0.2) is 6.18 Å². The van der Waals surface area contributed by atoms with E-state index in [1.54, 1.807) is 24.3 Å².